The van der Waals surface area contributed by atoms with Crippen LogP contribution in [-0.4, -0.2) is 4.98 Å². The second kappa shape index (κ2) is 5.76. The van der Waals surface area contributed by atoms with E-state index < -0.39 is 0 Å². The molecule has 19 heavy (non-hydrogen) atoms. The molecule has 0 spiro atoms. The topological polar surface area (TPSA) is 24.9 Å². The average molecular weight is 299 g/mol. The summed E-state index contributed by atoms with van der Waals surface area (Å²) in [7, 11) is 0. The molecule has 1 N–H and O–H groups in total. The van der Waals surface area contributed by atoms with Crippen molar-refractivity contribution in [2.24, 2.45) is 0 Å². The van der Waals surface area contributed by atoms with Crippen LogP contribution < -0.4 is 5.32 Å². The lowest BCUT2D eigenvalue weighted by Gasteiger charge is -2.17. The first kappa shape index (κ1) is 14.1. The zero-order valence-corrected chi connectivity index (χ0v) is 12.1. The van der Waals surface area contributed by atoms with E-state index in [1.807, 2.05) is 19.9 Å². The number of nitrogens with zero attached hydrogens (tertiary/aromatic N) is 1. The van der Waals surface area contributed by atoms with Gasteiger partial charge in [-0.05, 0) is 43.2 Å². The van der Waals surface area contributed by atoms with E-state index in [4.69, 9.17) is 23.2 Å². The van der Waals surface area contributed by atoms with E-state index in [0.717, 1.165) is 16.8 Å². The van der Waals surface area contributed by atoms with Gasteiger partial charge in [-0.25, -0.2) is 9.37 Å². The van der Waals surface area contributed by atoms with Crippen molar-refractivity contribution in [3.63, 3.8) is 0 Å². The second-order valence-electron chi connectivity index (χ2n) is 4.36. The summed E-state index contributed by atoms with van der Waals surface area (Å²) in [5.41, 5.74) is 2.56. The molecule has 1 unspecified atom stereocenters. The molecule has 2 rings (SSSR count). The molecule has 0 bridgehead atoms. The van der Waals surface area contributed by atoms with Crippen molar-refractivity contribution in [2.45, 2.75) is 19.9 Å². The van der Waals surface area contributed by atoms with Crippen LogP contribution in [0.25, 0.3) is 0 Å². The molecule has 0 aliphatic carbocycles. The fourth-order valence-corrected chi connectivity index (χ4v) is 2.25. The zero-order valence-electron chi connectivity index (χ0n) is 10.5. The van der Waals surface area contributed by atoms with E-state index in [1.165, 1.54) is 12.1 Å². The van der Waals surface area contributed by atoms with Crippen molar-refractivity contribution in [3.8, 4) is 0 Å². The first-order valence-corrected chi connectivity index (χ1v) is 6.56. The van der Waals surface area contributed by atoms with Crippen LogP contribution in [0.1, 0.15) is 24.1 Å². The van der Waals surface area contributed by atoms with Gasteiger partial charge in [0.2, 0.25) is 0 Å². The number of aromatic nitrogens is 1. The van der Waals surface area contributed by atoms with Gasteiger partial charge in [0.15, 0.2) is 0 Å². The Balaban J connectivity index is 2.20. The number of hydrogen-bond acceptors (Lipinski definition) is 2. The van der Waals surface area contributed by atoms with E-state index in [2.05, 4.69) is 10.3 Å². The van der Waals surface area contributed by atoms with Crippen molar-refractivity contribution in [1.29, 1.82) is 0 Å². The first-order valence-electron chi connectivity index (χ1n) is 5.81. The Morgan fingerprint density at radius 1 is 1.26 bits per heavy atom. The molecule has 2 nitrogen and oxygen atoms in total. The molecule has 0 saturated heterocycles. The average Bonchev–Trinajstić information content (AvgIpc) is 2.33. The molecular formula is C14H13Cl2FN2. The largest absolute Gasteiger partial charge is 0.377 e. The Labute approximate surface area is 121 Å². The maximum absolute atomic E-state index is 13.0. The molecule has 100 valence electrons. The number of benzene rings is 1. The molecule has 2 aromatic rings. The van der Waals surface area contributed by atoms with Crippen LogP contribution in [0.5, 0.6) is 0 Å². The summed E-state index contributed by atoms with van der Waals surface area (Å²) in [5, 5.41) is 4.14. The summed E-state index contributed by atoms with van der Waals surface area (Å²) in [6.07, 6.45) is 1.66. The SMILES string of the molecule is Cc1cc(NC(C)c2ccc(F)cc2Cl)cnc1Cl. The normalized spacial score (nSPS) is 12.3. The number of aryl methyl sites for hydroxylation is 1. The van der Waals surface area contributed by atoms with Crippen LogP contribution >= 0.6 is 23.2 Å². The summed E-state index contributed by atoms with van der Waals surface area (Å²) in [6, 6.07) is 6.22. The van der Waals surface area contributed by atoms with Gasteiger partial charge in [-0.15, -0.1) is 0 Å². The predicted octanol–water partition coefficient (Wildman–Crippen LogP) is 5.01. The lowest BCUT2D eigenvalue weighted by Crippen LogP contribution is -2.08. The minimum atomic E-state index is -0.343. The Morgan fingerprint density at radius 3 is 2.63 bits per heavy atom. The van der Waals surface area contributed by atoms with Gasteiger partial charge < -0.3 is 5.32 Å². The highest BCUT2D eigenvalue weighted by atomic mass is 35.5. The molecule has 0 radical (unpaired) electrons. The maximum Gasteiger partial charge on any atom is 0.132 e. The zero-order chi connectivity index (χ0) is 14.0. The molecule has 1 aromatic carbocycles. The predicted molar refractivity (Wildman–Crippen MR) is 77.4 cm³/mol. The number of anilines is 1. The van der Waals surface area contributed by atoms with Gasteiger partial charge >= 0.3 is 0 Å². The van der Waals surface area contributed by atoms with E-state index in [0.29, 0.717) is 10.2 Å². The van der Waals surface area contributed by atoms with Crippen molar-refractivity contribution >= 4 is 28.9 Å². The Hall–Kier alpha value is -1.32. The van der Waals surface area contributed by atoms with Crippen LogP contribution in [0.3, 0.4) is 0 Å². The van der Waals surface area contributed by atoms with E-state index in [9.17, 15) is 4.39 Å². The molecular weight excluding hydrogens is 286 g/mol. The van der Waals surface area contributed by atoms with Crippen molar-refractivity contribution in [2.75, 3.05) is 5.32 Å². The molecule has 0 amide bonds. The number of hydrogen-bond donors (Lipinski definition) is 1. The van der Waals surface area contributed by atoms with Crippen LogP contribution in [0.15, 0.2) is 30.5 Å². The summed E-state index contributed by atoms with van der Waals surface area (Å²) in [5.74, 6) is -0.343. The molecule has 0 aliphatic heterocycles. The lowest BCUT2D eigenvalue weighted by atomic mass is 10.1. The van der Waals surface area contributed by atoms with E-state index in [-0.39, 0.29) is 11.9 Å². The molecule has 5 heteroatoms. The Kier molecular flexibility index (Phi) is 4.27. The number of nitrogens with one attached hydrogen (secondary N) is 1. The van der Waals surface area contributed by atoms with Crippen molar-refractivity contribution < 1.29 is 4.39 Å². The summed E-state index contributed by atoms with van der Waals surface area (Å²) in [4.78, 5) is 4.07. The fraction of sp³-hybridized carbons (Fsp3) is 0.214. The highest BCUT2D eigenvalue weighted by Crippen LogP contribution is 2.27. The minimum absolute atomic E-state index is 0.0597. The molecule has 1 aromatic heterocycles. The second-order valence-corrected chi connectivity index (χ2v) is 5.13. The molecule has 0 fully saturated rings. The number of rotatable bonds is 3. The summed E-state index contributed by atoms with van der Waals surface area (Å²) in [6.45, 7) is 3.83. The highest BCUT2D eigenvalue weighted by Gasteiger charge is 2.11. The van der Waals surface area contributed by atoms with Crippen molar-refractivity contribution in [3.05, 3.63) is 57.6 Å². The van der Waals surface area contributed by atoms with Gasteiger partial charge in [-0.3, -0.25) is 0 Å². The Bertz CT molecular complexity index is 602. The molecule has 1 heterocycles. The third-order valence-corrected chi connectivity index (χ3v) is 3.55. The lowest BCUT2D eigenvalue weighted by molar-refractivity contribution is 0.626. The van der Waals surface area contributed by atoms with E-state index in [1.54, 1.807) is 12.3 Å². The van der Waals surface area contributed by atoms with Gasteiger partial charge in [-0.2, -0.15) is 0 Å². The molecule has 0 aliphatic rings. The van der Waals surface area contributed by atoms with Gasteiger partial charge in [-0.1, -0.05) is 29.3 Å². The smallest absolute Gasteiger partial charge is 0.132 e. The summed E-state index contributed by atoms with van der Waals surface area (Å²) < 4.78 is 13.0. The fourth-order valence-electron chi connectivity index (χ4n) is 1.82. The van der Waals surface area contributed by atoms with Gasteiger partial charge in [0, 0.05) is 5.02 Å². The van der Waals surface area contributed by atoms with Gasteiger partial charge in [0.25, 0.3) is 0 Å². The highest BCUT2D eigenvalue weighted by molar-refractivity contribution is 6.31. The van der Waals surface area contributed by atoms with Crippen LogP contribution in [-0.2, 0) is 0 Å². The van der Waals surface area contributed by atoms with Gasteiger partial charge in [0.05, 0.1) is 17.9 Å². The standard InChI is InChI=1S/C14H13Cl2FN2/c1-8-5-11(7-18-14(8)16)19-9(2)12-4-3-10(17)6-13(12)15/h3-7,9,19H,1-2H3. The summed E-state index contributed by atoms with van der Waals surface area (Å²) >= 11 is 11.9. The minimum Gasteiger partial charge on any atom is -0.377 e. The molecule has 0 saturated carbocycles. The van der Waals surface area contributed by atoms with Gasteiger partial charge in [0.1, 0.15) is 11.0 Å². The van der Waals surface area contributed by atoms with Crippen molar-refractivity contribution in [1.82, 2.24) is 4.98 Å². The maximum atomic E-state index is 13.0. The number of halogens is 3. The first-order chi connectivity index (χ1) is 8.97. The monoisotopic (exact) mass is 298 g/mol. The third kappa shape index (κ3) is 3.37. The van der Waals surface area contributed by atoms with E-state index >= 15 is 0 Å². The van der Waals surface area contributed by atoms with Crippen LogP contribution in [0.4, 0.5) is 10.1 Å². The Morgan fingerprint density at radius 2 is 2.00 bits per heavy atom. The van der Waals surface area contributed by atoms with Crippen LogP contribution in [0, 0.1) is 12.7 Å². The third-order valence-electron chi connectivity index (χ3n) is 2.83. The molecule has 1 atom stereocenters. The number of pyridine rings is 1. The van der Waals surface area contributed by atoms with Crippen LogP contribution in [0.2, 0.25) is 10.2 Å². The quantitative estimate of drug-likeness (QED) is 0.806.